The smallest absolute Gasteiger partial charge is 0.238 e. The van der Waals surface area contributed by atoms with Crippen molar-refractivity contribution in [3.63, 3.8) is 0 Å². The van der Waals surface area contributed by atoms with E-state index in [1.54, 1.807) is 32.4 Å². The summed E-state index contributed by atoms with van der Waals surface area (Å²) in [5, 5.41) is 2.84. The Labute approximate surface area is 162 Å². The SMILES string of the molecule is COc1cc(NC(=O)CN2CCN(c3ccc(F)cc3F)CC2)cc(OC)c1. The van der Waals surface area contributed by atoms with E-state index >= 15 is 0 Å². The van der Waals surface area contributed by atoms with Gasteiger partial charge in [0.05, 0.1) is 26.5 Å². The lowest BCUT2D eigenvalue weighted by Crippen LogP contribution is -2.48. The normalized spacial score (nSPS) is 14.6. The van der Waals surface area contributed by atoms with E-state index in [4.69, 9.17) is 9.47 Å². The molecular formula is C20H23F2N3O3. The number of methoxy groups -OCH3 is 2. The van der Waals surface area contributed by atoms with Crippen molar-refractivity contribution in [2.24, 2.45) is 0 Å². The van der Waals surface area contributed by atoms with Crippen LogP contribution < -0.4 is 19.7 Å². The van der Waals surface area contributed by atoms with Crippen LogP contribution in [-0.2, 0) is 4.79 Å². The predicted octanol–water partition coefficient (Wildman–Crippen LogP) is 2.74. The van der Waals surface area contributed by atoms with E-state index in [1.807, 2.05) is 9.80 Å². The molecule has 0 bridgehead atoms. The molecule has 1 aliphatic heterocycles. The highest BCUT2D eigenvalue weighted by Gasteiger charge is 2.21. The number of ether oxygens (including phenoxy) is 2. The third-order valence-electron chi connectivity index (χ3n) is 4.63. The Morgan fingerprint density at radius 2 is 1.64 bits per heavy atom. The molecule has 2 aromatic rings. The van der Waals surface area contributed by atoms with Gasteiger partial charge in [0.15, 0.2) is 0 Å². The summed E-state index contributed by atoms with van der Waals surface area (Å²) in [4.78, 5) is 16.2. The molecule has 0 aromatic heterocycles. The van der Waals surface area contributed by atoms with Gasteiger partial charge in [-0.1, -0.05) is 0 Å². The Morgan fingerprint density at radius 3 is 2.21 bits per heavy atom. The molecule has 28 heavy (non-hydrogen) atoms. The first-order chi connectivity index (χ1) is 13.5. The minimum absolute atomic E-state index is 0.156. The first kappa shape index (κ1) is 19.9. The van der Waals surface area contributed by atoms with E-state index in [0.29, 0.717) is 49.1 Å². The fraction of sp³-hybridized carbons (Fsp3) is 0.350. The first-order valence-corrected chi connectivity index (χ1v) is 8.94. The molecule has 8 heteroatoms. The lowest BCUT2D eigenvalue weighted by molar-refractivity contribution is -0.117. The zero-order chi connectivity index (χ0) is 20.1. The van der Waals surface area contributed by atoms with Gasteiger partial charge in [0.25, 0.3) is 0 Å². The van der Waals surface area contributed by atoms with Gasteiger partial charge in [-0.15, -0.1) is 0 Å². The Kier molecular flexibility index (Phi) is 6.30. The van der Waals surface area contributed by atoms with Crippen LogP contribution in [0.25, 0.3) is 0 Å². The van der Waals surface area contributed by atoms with Crippen molar-refractivity contribution in [2.75, 3.05) is 57.2 Å². The Balaban J connectivity index is 1.54. The number of benzene rings is 2. The van der Waals surface area contributed by atoms with E-state index in [0.717, 1.165) is 6.07 Å². The maximum Gasteiger partial charge on any atom is 0.238 e. The van der Waals surface area contributed by atoms with E-state index in [1.165, 1.54) is 12.1 Å². The van der Waals surface area contributed by atoms with Crippen molar-refractivity contribution < 1.29 is 23.0 Å². The third-order valence-corrected chi connectivity index (χ3v) is 4.63. The van der Waals surface area contributed by atoms with Crippen LogP contribution in [0.3, 0.4) is 0 Å². The molecule has 0 spiro atoms. The average Bonchev–Trinajstić information content (AvgIpc) is 2.68. The number of carbonyl (C=O) groups is 1. The molecule has 0 aliphatic carbocycles. The van der Waals surface area contributed by atoms with Crippen molar-refractivity contribution in [3.8, 4) is 11.5 Å². The topological polar surface area (TPSA) is 54.0 Å². The van der Waals surface area contributed by atoms with E-state index in [2.05, 4.69) is 5.32 Å². The van der Waals surface area contributed by atoms with E-state index in [9.17, 15) is 13.6 Å². The maximum absolute atomic E-state index is 13.9. The molecule has 6 nitrogen and oxygen atoms in total. The summed E-state index contributed by atoms with van der Waals surface area (Å²) < 4.78 is 37.4. The molecule has 1 heterocycles. The van der Waals surface area contributed by atoms with Gasteiger partial charge < -0.3 is 19.7 Å². The van der Waals surface area contributed by atoms with Crippen LogP contribution in [0.5, 0.6) is 11.5 Å². The highest BCUT2D eigenvalue weighted by molar-refractivity contribution is 5.92. The molecule has 0 radical (unpaired) electrons. The highest BCUT2D eigenvalue weighted by Crippen LogP contribution is 2.26. The Morgan fingerprint density at radius 1 is 1.00 bits per heavy atom. The number of amides is 1. The van der Waals surface area contributed by atoms with Gasteiger partial charge in [-0.3, -0.25) is 9.69 Å². The third kappa shape index (κ3) is 4.89. The monoisotopic (exact) mass is 391 g/mol. The molecule has 0 unspecified atom stereocenters. The minimum Gasteiger partial charge on any atom is -0.497 e. The van der Waals surface area contributed by atoms with Crippen molar-refractivity contribution in [3.05, 3.63) is 48.0 Å². The van der Waals surface area contributed by atoms with Gasteiger partial charge in [-0.05, 0) is 12.1 Å². The molecule has 1 amide bonds. The standard InChI is InChI=1S/C20H23F2N3O3/c1-27-16-10-15(11-17(12-16)28-2)23-20(26)13-24-5-7-25(8-6-24)19-4-3-14(21)9-18(19)22/h3-4,9-12H,5-8,13H2,1-2H3,(H,23,26). The van der Waals surface area contributed by atoms with E-state index < -0.39 is 11.6 Å². The van der Waals surface area contributed by atoms with Gasteiger partial charge in [0.2, 0.25) is 5.91 Å². The molecule has 150 valence electrons. The second kappa shape index (κ2) is 8.88. The average molecular weight is 391 g/mol. The fourth-order valence-electron chi connectivity index (χ4n) is 3.17. The van der Waals surface area contributed by atoms with Crippen LogP contribution in [0.4, 0.5) is 20.2 Å². The van der Waals surface area contributed by atoms with Gasteiger partial charge >= 0.3 is 0 Å². The lowest BCUT2D eigenvalue weighted by atomic mass is 10.2. The fourth-order valence-corrected chi connectivity index (χ4v) is 3.17. The quantitative estimate of drug-likeness (QED) is 0.821. The maximum atomic E-state index is 13.9. The lowest BCUT2D eigenvalue weighted by Gasteiger charge is -2.35. The number of hydrogen-bond acceptors (Lipinski definition) is 5. The van der Waals surface area contributed by atoms with Gasteiger partial charge in [-0.25, -0.2) is 8.78 Å². The molecule has 1 fully saturated rings. The van der Waals surface area contributed by atoms with Crippen molar-refractivity contribution in [1.82, 2.24) is 4.90 Å². The Hall–Kier alpha value is -2.87. The largest absolute Gasteiger partial charge is 0.497 e. The highest BCUT2D eigenvalue weighted by atomic mass is 19.1. The summed E-state index contributed by atoms with van der Waals surface area (Å²) in [7, 11) is 3.09. The summed E-state index contributed by atoms with van der Waals surface area (Å²) in [6.45, 7) is 2.54. The number of hydrogen-bond donors (Lipinski definition) is 1. The van der Waals surface area contributed by atoms with Crippen molar-refractivity contribution >= 4 is 17.3 Å². The van der Waals surface area contributed by atoms with Gasteiger partial charge in [0, 0.05) is 56.1 Å². The van der Waals surface area contributed by atoms with Gasteiger partial charge in [0.1, 0.15) is 23.1 Å². The summed E-state index contributed by atoms with van der Waals surface area (Å²) in [6, 6.07) is 8.75. The molecule has 1 saturated heterocycles. The first-order valence-electron chi connectivity index (χ1n) is 8.94. The van der Waals surface area contributed by atoms with Crippen LogP contribution in [-0.4, -0.2) is 57.8 Å². The number of rotatable bonds is 6. The number of anilines is 2. The number of nitrogens with one attached hydrogen (secondary N) is 1. The number of nitrogens with zero attached hydrogens (tertiary/aromatic N) is 2. The molecule has 2 aromatic carbocycles. The number of piperazine rings is 1. The van der Waals surface area contributed by atoms with Crippen LogP contribution in [0.1, 0.15) is 0 Å². The Bertz CT molecular complexity index is 817. The van der Waals surface area contributed by atoms with Crippen LogP contribution in [0.15, 0.2) is 36.4 Å². The van der Waals surface area contributed by atoms with Crippen molar-refractivity contribution in [2.45, 2.75) is 0 Å². The number of halogens is 2. The minimum atomic E-state index is -0.592. The molecule has 3 rings (SSSR count). The van der Waals surface area contributed by atoms with Gasteiger partial charge in [-0.2, -0.15) is 0 Å². The van der Waals surface area contributed by atoms with Crippen LogP contribution in [0, 0.1) is 11.6 Å². The summed E-state index contributed by atoms with van der Waals surface area (Å²) in [6.07, 6.45) is 0. The zero-order valence-electron chi connectivity index (χ0n) is 15.9. The molecule has 1 aliphatic rings. The second-order valence-corrected chi connectivity index (χ2v) is 6.51. The summed E-state index contributed by atoms with van der Waals surface area (Å²) >= 11 is 0. The molecule has 0 atom stereocenters. The molecule has 1 N–H and O–H groups in total. The second-order valence-electron chi connectivity index (χ2n) is 6.51. The van der Waals surface area contributed by atoms with Crippen molar-refractivity contribution in [1.29, 1.82) is 0 Å². The summed E-state index contributed by atoms with van der Waals surface area (Å²) in [5.41, 5.74) is 0.974. The molecule has 0 saturated carbocycles. The summed E-state index contributed by atoms with van der Waals surface area (Å²) in [5.74, 6) is -0.144. The predicted molar refractivity (Wildman–Crippen MR) is 103 cm³/mol. The van der Waals surface area contributed by atoms with Crippen LogP contribution >= 0.6 is 0 Å². The van der Waals surface area contributed by atoms with Crippen LogP contribution in [0.2, 0.25) is 0 Å². The number of carbonyl (C=O) groups excluding carboxylic acids is 1. The zero-order valence-corrected chi connectivity index (χ0v) is 15.9. The van der Waals surface area contributed by atoms with E-state index in [-0.39, 0.29) is 12.5 Å². The molecular weight excluding hydrogens is 368 g/mol.